The van der Waals surface area contributed by atoms with E-state index in [9.17, 15) is 0 Å². The molecule has 1 fully saturated rings. The first kappa shape index (κ1) is 33.0. The van der Waals surface area contributed by atoms with Gasteiger partial charge < -0.3 is 30.9 Å². The molecule has 177 valence electrons. The molecule has 0 aromatic heterocycles. The zero-order valence-electron chi connectivity index (χ0n) is 18.6. The number of hydrogen-bond acceptors (Lipinski definition) is 9. The first-order valence-corrected chi connectivity index (χ1v) is 9.26. The number of hydrogen-bond donors (Lipinski definition) is 4. The van der Waals surface area contributed by atoms with Gasteiger partial charge in [0.2, 0.25) is 0 Å². The molecule has 4 N–H and O–H groups in total. The minimum atomic E-state index is 0. The van der Waals surface area contributed by atoms with E-state index >= 15 is 0 Å². The van der Waals surface area contributed by atoms with Gasteiger partial charge in [-0.05, 0) is 27.7 Å². The Morgan fingerprint density at radius 1 is 0.774 bits per heavy atom. The van der Waals surface area contributed by atoms with Crippen molar-refractivity contribution >= 4 is 22.8 Å². The molecule has 0 unspecified atom stereocenters. The average molecular weight is 482 g/mol. The van der Waals surface area contributed by atoms with Crippen LogP contribution in [0.5, 0.6) is 5.75 Å². The molecule has 1 aromatic rings. The summed E-state index contributed by atoms with van der Waals surface area (Å²) in [5.74, 6) is 0.878. The van der Waals surface area contributed by atoms with Gasteiger partial charge in [-0.1, -0.05) is 39.9 Å². The minimum absolute atomic E-state index is 0. The van der Waals surface area contributed by atoms with Crippen molar-refractivity contribution in [3.63, 3.8) is 0 Å². The van der Waals surface area contributed by atoms with Gasteiger partial charge in [0.1, 0.15) is 22.8 Å². The van der Waals surface area contributed by atoms with E-state index < -0.39 is 0 Å². The summed E-state index contributed by atoms with van der Waals surface area (Å²) < 4.78 is 4.89. The van der Waals surface area contributed by atoms with Crippen LogP contribution < -0.4 is 4.74 Å². The number of benzene rings is 1. The summed E-state index contributed by atoms with van der Waals surface area (Å²) >= 11 is 0. The summed E-state index contributed by atoms with van der Waals surface area (Å²) in [7, 11) is 1.65. The maximum atomic E-state index is 8.03. The molecular weight excluding hydrogens is 449 g/mol. The molecule has 1 heterocycles. The smallest absolute Gasteiger partial charge is 0.662 e. The molecule has 0 amide bonds. The molecule has 1 aliphatic rings. The Morgan fingerprint density at radius 2 is 1.13 bits per heavy atom. The fraction of sp³-hybridized carbons (Fsp3) is 0.500. The van der Waals surface area contributed by atoms with E-state index in [1.54, 1.807) is 7.11 Å². The molecule has 31 heavy (non-hydrogen) atoms. The Balaban J connectivity index is -0.000000335. The zero-order valence-corrected chi connectivity index (χ0v) is 19.7. The Labute approximate surface area is 194 Å². The first-order valence-electron chi connectivity index (χ1n) is 9.26. The van der Waals surface area contributed by atoms with E-state index in [1.165, 1.54) is 47.0 Å². The number of piperidine rings is 1. The molecule has 1 aliphatic heterocycles. The Morgan fingerprint density at radius 3 is 1.29 bits per heavy atom. The third-order valence-corrected chi connectivity index (χ3v) is 3.70. The second kappa shape index (κ2) is 23.6. The predicted octanol–water partition coefficient (Wildman–Crippen LogP) is 4.41. The van der Waals surface area contributed by atoms with E-state index in [0.29, 0.717) is 22.8 Å². The van der Waals surface area contributed by atoms with Crippen LogP contribution in [-0.4, -0.2) is 63.9 Å². The van der Waals surface area contributed by atoms with Crippen LogP contribution in [0.25, 0.3) is 5.32 Å². The summed E-state index contributed by atoms with van der Waals surface area (Å²) in [4.78, 5) is 0. The number of ether oxygens (including phenoxy) is 1. The van der Waals surface area contributed by atoms with Crippen LogP contribution in [0.15, 0.2) is 44.9 Å². The van der Waals surface area contributed by atoms with E-state index in [0.717, 1.165) is 18.8 Å². The van der Waals surface area contributed by atoms with Crippen molar-refractivity contribution in [1.29, 1.82) is 0 Å². The Bertz CT molecular complexity index is 588. The van der Waals surface area contributed by atoms with Crippen molar-refractivity contribution < 1.29 is 42.3 Å². The molecule has 0 aliphatic carbocycles. The minimum Gasteiger partial charge on any atom is -0.662 e. The van der Waals surface area contributed by atoms with Crippen LogP contribution >= 0.6 is 0 Å². The quantitative estimate of drug-likeness (QED) is 0.217. The van der Waals surface area contributed by atoms with Crippen LogP contribution in [0, 0.1) is 6.07 Å². The summed E-state index contributed by atoms with van der Waals surface area (Å²) in [6.45, 7) is 8.40. The molecule has 2 rings (SSSR count). The van der Waals surface area contributed by atoms with E-state index in [2.05, 4.69) is 32.0 Å². The third-order valence-electron chi connectivity index (χ3n) is 3.70. The van der Waals surface area contributed by atoms with Crippen LogP contribution in [0.3, 0.4) is 0 Å². The summed E-state index contributed by atoms with van der Waals surface area (Å²) in [6, 6.07) is 10.2. The van der Waals surface area contributed by atoms with Gasteiger partial charge in [0.15, 0.2) is 0 Å². The molecule has 0 saturated carbocycles. The molecule has 1 radical (unpaired) electrons. The third kappa shape index (κ3) is 20.4. The molecule has 11 heteroatoms. The first-order chi connectivity index (χ1) is 14.4. The second-order valence-corrected chi connectivity index (χ2v) is 5.91. The normalized spacial score (nSPS) is 14.2. The Kier molecular flexibility index (Phi) is 25.2. The van der Waals surface area contributed by atoms with Crippen molar-refractivity contribution in [2.24, 2.45) is 20.6 Å². The van der Waals surface area contributed by atoms with E-state index in [-0.39, 0.29) is 16.8 Å². The predicted molar refractivity (Wildman–Crippen MR) is 118 cm³/mol. The van der Waals surface area contributed by atoms with Crippen LogP contribution in [0.2, 0.25) is 0 Å². The number of oxime groups is 4. The largest absolute Gasteiger partial charge is 2.00 e. The van der Waals surface area contributed by atoms with E-state index in [4.69, 9.17) is 25.6 Å². The van der Waals surface area contributed by atoms with Gasteiger partial charge in [-0.2, -0.15) is 18.2 Å². The van der Waals surface area contributed by atoms with Gasteiger partial charge in [-0.15, -0.1) is 25.2 Å². The molecule has 0 bridgehead atoms. The number of rotatable bonds is 3. The maximum Gasteiger partial charge on any atom is 2.00 e. The standard InChI is InChI=1S/C7H7O.C5H10N.2C4H8N2O2.Co/c1-8-7-5-3-2-4-6-7;1-2-4-6-5-3-1;2*1-3(5-7)4(2)6-8;/h3-6H,1H3;1-5H2;2*7-8H,1-2H3;/q2*-1;;;+2/b;;2*5-3+,6-4+;. The fourth-order valence-electron chi connectivity index (χ4n) is 1.53. The second-order valence-electron chi connectivity index (χ2n) is 5.91. The summed E-state index contributed by atoms with van der Waals surface area (Å²) in [5.41, 5.74) is 1.25. The van der Waals surface area contributed by atoms with Crippen molar-refractivity contribution in [3.05, 3.63) is 35.6 Å². The van der Waals surface area contributed by atoms with Crippen LogP contribution in [-0.2, 0) is 16.8 Å². The number of methoxy groups -OCH3 is 1. The molecular formula is C20H33CoN5O5. The summed E-state index contributed by atoms with van der Waals surface area (Å²) in [6.07, 6.45) is 4.07. The van der Waals surface area contributed by atoms with Gasteiger partial charge >= 0.3 is 16.8 Å². The zero-order chi connectivity index (χ0) is 23.2. The van der Waals surface area contributed by atoms with E-state index in [1.807, 2.05) is 24.3 Å². The van der Waals surface area contributed by atoms with Crippen molar-refractivity contribution in [1.82, 2.24) is 0 Å². The van der Waals surface area contributed by atoms with Gasteiger partial charge in [0.25, 0.3) is 0 Å². The van der Waals surface area contributed by atoms with Gasteiger partial charge in [0.05, 0.1) is 7.11 Å². The van der Waals surface area contributed by atoms with Crippen molar-refractivity contribution in [2.75, 3.05) is 20.2 Å². The van der Waals surface area contributed by atoms with Gasteiger partial charge in [-0.3, -0.25) is 0 Å². The molecule has 10 nitrogen and oxygen atoms in total. The maximum absolute atomic E-state index is 8.03. The fourth-order valence-corrected chi connectivity index (χ4v) is 1.53. The van der Waals surface area contributed by atoms with Crippen LogP contribution in [0.4, 0.5) is 0 Å². The molecule has 0 spiro atoms. The SMILES string of the molecule is C1CC[N-]CC1.CC(=N\O)/C(C)=N/O.CC(=N\O)/C(C)=N/O.COc1cc[c-]cc1.[Co+2]. The molecule has 1 aromatic carbocycles. The van der Waals surface area contributed by atoms with Crippen molar-refractivity contribution in [3.8, 4) is 5.75 Å². The average Bonchev–Trinajstić information content (AvgIpc) is 2.84. The van der Waals surface area contributed by atoms with Gasteiger partial charge in [0, 0.05) is 5.75 Å². The molecule has 0 atom stereocenters. The summed E-state index contributed by atoms with van der Waals surface area (Å²) in [5, 5.41) is 47.4. The topological polar surface area (TPSA) is 154 Å². The Hall–Kier alpha value is -2.63. The van der Waals surface area contributed by atoms with Crippen LogP contribution in [0.1, 0.15) is 47.0 Å². The number of nitrogens with zero attached hydrogens (tertiary/aromatic N) is 5. The van der Waals surface area contributed by atoms with Crippen molar-refractivity contribution in [2.45, 2.75) is 47.0 Å². The monoisotopic (exact) mass is 482 g/mol. The van der Waals surface area contributed by atoms with Gasteiger partial charge in [-0.25, -0.2) is 0 Å². The molecule has 1 saturated heterocycles.